The summed E-state index contributed by atoms with van der Waals surface area (Å²) < 4.78 is 44.3. The van der Waals surface area contributed by atoms with Crippen LogP contribution in [0.5, 0.6) is 5.75 Å². The SMILES string of the molecule is CC(C)C(Oc1ccc(-c2ccc(C(F)(F)F)cc2)cc1)c1ccc(C(N)=O)cc1. The summed E-state index contributed by atoms with van der Waals surface area (Å²) in [7, 11) is 0. The van der Waals surface area contributed by atoms with Crippen molar-refractivity contribution in [3.05, 3.63) is 89.5 Å². The van der Waals surface area contributed by atoms with Gasteiger partial charge in [-0.2, -0.15) is 13.2 Å². The van der Waals surface area contributed by atoms with Crippen LogP contribution in [-0.4, -0.2) is 5.91 Å². The molecule has 3 nitrogen and oxygen atoms in total. The van der Waals surface area contributed by atoms with E-state index in [1.54, 1.807) is 24.3 Å². The molecular weight excluding hydrogens is 391 g/mol. The van der Waals surface area contributed by atoms with Gasteiger partial charge in [0.1, 0.15) is 11.9 Å². The van der Waals surface area contributed by atoms with Gasteiger partial charge in [-0.3, -0.25) is 4.79 Å². The minimum atomic E-state index is -4.35. The topological polar surface area (TPSA) is 52.3 Å². The van der Waals surface area contributed by atoms with Gasteiger partial charge in [-0.25, -0.2) is 0 Å². The Morgan fingerprint density at radius 2 is 1.33 bits per heavy atom. The maximum absolute atomic E-state index is 12.7. The second-order valence-corrected chi connectivity index (χ2v) is 7.37. The molecule has 0 saturated carbocycles. The molecule has 3 aromatic carbocycles. The number of benzene rings is 3. The number of nitrogens with two attached hydrogens (primary N) is 1. The number of alkyl halides is 3. The molecule has 0 radical (unpaired) electrons. The molecule has 1 atom stereocenters. The molecule has 0 spiro atoms. The zero-order chi connectivity index (χ0) is 21.9. The predicted molar refractivity (Wildman–Crippen MR) is 110 cm³/mol. The minimum absolute atomic E-state index is 0.166. The molecule has 0 aliphatic heterocycles. The number of hydrogen-bond donors (Lipinski definition) is 1. The van der Waals surface area contributed by atoms with Crippen LogP contribution in [0, 0.1) is 5.92 Å². The molecule has 156 valence electrons. The highest BCUT2D eigenvalue weighted by Crippen LogP contribution is 2.33. The molecular formula is C24H22F3NO2. The summed E-state index contributed by atoms with van der Waals surface area (Å²) in [4.78, 5) is 11.3. The smallest absolute Gasteiger partial charge is 0.416 e. The maximum Gasteiger partial charge on any atom is 0.416 e. The van der Waals surface area contributed by atoms with Crippen molar-refractivity contribution in [1.29, 1.82) is 0 Å². The van der Waals surface area contributed by atoms with Crippen LogP contribution < -0.4 is 10.5 Å². The van der Waals surface area contributed by atoms with Crippen LogP contribution >= 0.6 is 0 Å². The third kappa shape index (κ3) is 5.00. The molecule has 1 unspecified atom stereocenters. The quantitative estimate of drug-likeness (QED) is 0.519. The Labute approximate surface area is 173 Å². The van der Waals surface area contributed by atoms with Gasteiger partial charge in [-0.05, 0) is 59.0 Å². The molecule has 3 aromatic rings. The van der Waals surface area contributed by atoms with Crippen LogP contribution in [0.25, 0.3) is 11.1 Å². The van der Waals surface area contributed by atoms with E-state index in [4.69, 9.17) is 10.5 Å². The molecule has 0 aliphatic rings. The van der Waals surface area contributed by atoms with E-state index in [1.807, 2.05) is 38.1 Å². The van der Waals surface area contributed by atoms with Crippen molar-refractivity contribution >= 4 is 5.91 Å². The summed E-state index contributed by atoms with van der Waals surface area (Å²) in [6.07, 6.45) is -4.58. The monoisotopic (exact) mass is 413 g/mol. The first-order valence-corrected chi connectivity index (χ1v) is 9.49. The molecule has 2 N–H and O–H groups in total. The van der Waals surface area contributed by atoms with Crippen molar-refractivity contribution in [2.75, 3.05) is 0 Å². The number of ether oxygens (including phenoxy) is 1. The Kier molecular flexibility index (Phi) is 6.15. The second kappa shape index (κ2) is 8.61. The maximum atomic E-state index is 12.7. The van der Waals surface area contributed by atoms with Gasteiger partial charge in [-0.15, -0.1) is 0 Å². The fourth-order valence-corrected chi connectivity index (χ4v) is 3.15. The third-order valence-electron chi connectivity index (χ3n) is 4.79. The van der Waals surface area contributed by atoms with Crippen LogP contribution in [0.2, 0.25) is 0 Å². The predicted octanol–water partition coefficient (Wildman–Crippen LogP) is 6.25. The standard InChI is InChI=1S/C24H22F3NO2/c1-15(2)22(18-3-5-19(6-4-18)23(28)29)30-21-13-9-17(10-14-21)16-7-11-20(12-8-16)24(25,26)27/h3-15,22H,1-2H3,(H2,28,29). The number of carbonyl (C=O) groups excluding carboxylic acids is 1. The van der Waals surface area contributed by atoms with E-state index in [0.717, 1.165) is 23.3 Å². The van der Waals surface area contributed by atoms with Gasteiger partial charge in [0.05, 0.1) is 5.56 Å². The molecule has 0 aromatic heterocycles. The van der Waals surface area contributed by atoms with E-state index in [9.17, 15) is 18.0 Å². The fraction of sp³-hybridized carbons (Fsp3) is 0.208. The molecule has 0 bridgehead atoms. The number of carbonyl (C=O) groups is 1. The number of primary amides is 1. The van der Waals surface area contributed by atoms with Crippen molar-refractivity contribution in [3.8, 4) is 16.9 Å². The van der Waals surface area contributed by atoms with Crippen LogP contribution in [0.15, 0.2) is 72.8 Å². The first-order valence-electron chi connectivity index (χ1n) is 9.49. The average molecular weight is 413 g/mol. The Bertz CT molecular complexity index is 993. The van der Waals surface area contributed by atoms with Crippen molar-refractivity contribution in [2.24, 2.45) is 11.7 Å². The number of hydrogen-bond acceptors (Lipinski definition) is 2. The molecule has 0 saturated heterocycles. The summed E-state index contributed by atoms with van der Waals surface area (Å²) in [5.41, 5.74) is 7.45. The summed E-state index contributed by atoms with van der Waals surface area (Å²) in [5.74, 6) is 0.324. The lowest BCUT2D eigenvalue weighted by Crippen LogP contribution is -2.15. The van der Waals surface area contributed by atoms with E-state index in [0.29, 0.717) is 16.9 Å². The molecule has 3 rings (SSSR count). The Morgan fingerprint density at radius 3 is 1.77 bits per heavy atom. The molecule has 1 amide bonds. The summed E-state index contributed by atoms with van der Waals surface area (Å²) in [5, 5.41) is 0. The van der Waals surface area contributed by atoms with Gasteiger partial charge in [0.25, 0.3) is 0 Å². The summed E-state index contributed by atoms with van der Waals surface area (Å²) >= 11 is 0. The molecule has 0 fully saturated rings. The number of amides is 1. The van der Waals surface area contributed by atoms with Crippen molar-refractivity contribution in [2.45, 2.75) is 26.1 Å². The van der Waals surface area contributed by atoms with E-state index >= 15 is 0 Å². The lowest BCUT2D eigenvalue weighted by Gasteiger charge is -2.23. The van der Waals surface area contributed by atoms with Gasteiger partial charge in [0.2, 0.25) is 5.91 Å². The van der Waals surface area contributed by atoms with E-state index < -0.39 is 17.6 Å². The van der Waals surface area contributed by atoms with Crippen molar-refractivity contribution in [1.82, 2.24) is 0 Å². The zero-order valence-electron chi connectivity index (χ0n) is 16.6. The van der Waals surface area contributed by atoms with Gasteiger partial charge in [0, 0.05) is 5.56 Å². The Hall–Kier alpha value is -3.28. The van der Waals surface area contributed by atoms with Crippen LogP contribution in [0.1, 0.15) is 41.4 Å². The van der Waals surface area contributed by atoms with Gasteiger partial charge in [0.15, 0.2) is 0 Å². The van der Waals surface area contributed by atoms with Crippen LogP contribution in [0.3, 0.4) is 0 Å². The van der Waals surface area contributed by atoms with Crippen molar-refractivity contribution in [3.63, 3.8) is 0 Å². The molecule has 0 aliphatic carbocycles. The van der Waals surface area contributed by atoms with Crippen molar-refractivity contribution < 1.29 is 22.7 Å². The van der Waals surface area contributed by atoms with Gasteiger partial charge < -0.3 is 10.5 Å². The number of rotatable bonds is 6. The average Bonchev–Trinajstić information content (AvgIpc) is 2.72. The number of halogens is 3. The lowest BCUT2D eigenvalue weighted by atomic mass is 9.97. The third-order valence-corrected chi connectivity index (χ3v) is 4.79. The van der Waals surface area contributed by atoms with Crippen LogP contribution in [-0.2, 0) is 6.18 Å². The highest BCUT2D eigenvalue weighted by atomic mass is 19.4. The molecule has 6 heteroatoms. The van der Waals surface area contributed by atoms with E-state index in [1.165, 1.54) is 12.1 Å². The molecule has 30 heavy (non-hydrogen) atoms. The highest BCUT2D eigenvalue weighted by Gasteiger charge is 2.30. The first-order chi connectivity index (χ1) is 14.1. The van der Waals surface area contributed by atoms with Gasteiger partial charge in [-0.1, -0.05) is 50.2 Å². The zero-order valence-corrected chi connectivity index (χ0v) is 16.6. The minimum Gasteiger partial charge on any atom is -0.485 e. The van der Waals surface area contributed by atoms with Crippen LogP contribution in [0.4, 0.5) is 13.2 Å². The van der Waals surface area contributed by atoms with Gasteiger partial charge >= 0.3 is 6.18 Å². The largest absolute Gasteiger partial charge is 0.485 e. The Morgan fingerprint density at radius 1 is 0.833 bits per heavy atom. The highest BCUT2D eigenvalue weighted by molar-refractivity contribution is 5.92. The second-order valence-electron chi connectivity index (χ2n) is 7.37. The summed E-state index contributed by atoms with van der Waals surface area (Å²) in [6.45, 7) is 4.06. The van der Waals surface area contributed by atoms with E-state index in [-0.39, 0.29) is 12.0 Å². The molecule has 0 heterocycles. The Balaban J connectivity index is 1.76. The first kappa shape index (κ1) is 21.4. The normalized spacial score (nSPS) is 12.6. The lowest BCUT2D eigenvalue weighted by molar-refractivity contribution is -0.137. The fourth-order valence-electron chi connectivity index (χ4n) is 3.15. The van der Waals surface area contributed by atoms with E-state index in [2.05, 4.69) is 0 Å². The summed E-state index contributed by atoms with van der Waals surface area (Å²) in [6, 6.07) is 19.2.